The van der Waals surface area contributed by atoms with E-state index in [1.165, 1.54) is 12.1 Å². The molecule has 0 saturated carbocycles. The van der Waals surface area contributed by atoms with E-state index >= 15 is 0 Å². The molecule has 0 fully saturated rings. The van der Waals surface area contributed by atoms with Crippen molar-refractivity contribution in [2.75, 3.05) is 6.61 Å². The van der Waals surface area contributed by atoms with Crippen LogP contribution in [0.3, 0.4) is 0 Å². The minimum absolute atomic E-state index is 0.268. The predicted molar refractivity (Wildman–Crippen MR) is 62.4 cm³/mol. The van der Waals surface area contributed by atoms with Gasteiger partial charge in [0.2, 0.25) is 0 Å². The molecule has 0 saturated heterocycles. The standard InChI is InChI=1S/C13H15FO3/c1-9(2)5-6-17-8-10-3-4-11(13(15)16)12(14)7-10/h3-4,7H,1,5-6,8H2,2H3,(H,15,16). The molecule has 0 bridgehead atoms. The van der Waals surface area contributed by atoms with Crippen molar-refractivity contribution >= 4 is 5.97 Å². The number of carboxylic acid groups (broad SMARTS) is 1. The first-order valence-corrected chi connectivity index (χ1v) is 5.24. The van der Waals surface area contributed by atoms with Gasteiger partial charge in [0.05, 0.1) is 18.8 Å². The molecule has 0 aromatic heterocycles. The molecule has 3 nitrogen and oxygen atoms in total. The molecule has 4 heteroatoms. The molecular weight excluding hydrogens is 223 g/mol. The molecule has 92 valence electrons. The largest absolute Gasteiger partial charge is 0.478 e. The van der Waals surface area contributed by atoms with Crippen molar-refractivity contribution in [2.45, 2.75) is 20.0 Å². The van der Waals surface area contributed by atoms with Crippen LogP contribution in [0.15, 0.2) is 30.4 Å². The fourth-order valence-corrected chi connectivity index (χ4v) is 1.26. The summed E-state index contributed by atoms with van der Waals surface area (Å²) >= 11 is 0. The number of ether oxygens (including phenoxy) is 1. The number of hydrogen-bond donors (Lipinski definition) is 1. The van der Waals surface area contributed by atoms with Crippen molar-refractivity contribution in [1.82, 2.24) is 0 Å². The summed E-state index contributed by atoms with van der Waals surface area (Å²) in [6.45, 7) is 6.44. The van der Waals surface area contributed by atoms with Gasteiger partial charge in [-0.25, -0.2) is 9.18 Å². The molecule has 0 atom stereocenters. The van der Waals surface area contributed by atoms with Crippen LogP contribution >= 0.6 is 0 Å². The summed E-state index contributed by atoms with van der Waals surface area (Å²) in [7, 11) is 0. The van der Waals surface area contributed by atoms with Gasteiger partial charge in [-0.2, -0.15) is 0 Å². The summed E-state index contributed by atoms with van der Waals surface area (Å²) in [6.07, 6.45) is 0.760. The summed E-state index contributed by atoms with van der Waals surface area (Å²) < 4.78 is 18.6. The maximum absolute atomic E-state index is 13.3. The second-order valence-electron chi connectivity index (χ2n) is 3.88. The minimum atomic E-state index is -1.27. The third kappa shape index (κ3) is 4.36. The quantitative estimate of drug-likeness (QED) is 0.612. The molecule has 0 aliphatic rings. The zero-order chi connectivity index (χ0) is 12.8. The van der Waals surface area contributed by atoms with Gasteiger partial charge in [-0.15, -0.1) is 6.58 Å². The van der Waals surface area contributed by atoms with Gasteiger partial charge in [0.1, 0.15) is 5.82 Å². The van der Waals surface area contributed by atoms with Gasteiger partial charge in [0, 0.05) is 0 Å². The lowest BCUT2D eigenvalue weighted by Crippen LogP contribution is -2.02. The van der Waals surface area contributed by atoms with Gasteiger partial charge in [0.15, 0.2) is 0 Å². The number of aromatic carboxylic acids is 1. The molecule has 1 aromatic carbocycles. The highest BCUT2D eigenvalue weighted by molar-refractivity contribution is 5.87. The Balaban J connectivity index is 2.53. The normalized spacial score (nSPS) is 10.2. The lowest BCUT2D eigenvalue weighted by atomic mass is 10.1. The molecule has 0 aliphatic carbocycles. The van der Waals surface area contributed by atoms with Crippen molar-refractivity contribution < 1.29 is 19.0 Å². The Hall–Kier alpha value is -1.68. The Morgan fingerprint density at radius 3 is 2.76 bits per heavy atom. The Kier molecular flexibility index (Phi) is 4.84. The zero-order valence-corrected chi connectivity index (χ0v) is 9.70. The molecule has 0 spiro atoms. The van der Waals surface area contributed by atoms with Gasteiger partial charge in [-0.05, 0) is 31.0 Å². The van der Waals surface area contributed by atoms with Crippen LogP contribution in [0.1, 0.15) is 29.3 Å². The van der Waals surface area contributed by atoms with Crippen LogP contribution in [0.4, 0.5) is 4.39 Å². The van der Waals surface area contributed by atoms with Crippen molar-refractivity contribution in [2.24, 2.45) is 0 Å². The van der Waals surface area contributed by atoms with E-state index in [-0.39, 0.29) is 12.2 Å². The van der Waals surface area contributed by atoms with E-state index in [2.05, 4.69) is 6.58 Å². The highest BCUT2D eigenvalue weighted by Crippen LogP contribution is 2.11. The van der Waals surface area contributed by atoms with Crippen LogP contribution in [-0.2, 0) is 11.3 Å². The van der Waals surface area contributed by atoms with Crippen molar-refractivity contribution in [1.29, 1.82) is 0 Å². The second-order valence-corrected chi connectivity index (χ2v) is 3.88. The number of carboxylic acids is 1. The molecular formula is C13H15FO3. The number of hydrogen-bond acceptors (Lipinski definition) is 2. The summed E-state index contributed by atoms with van der Waals surface area (Å²) in [5.74, 6) is -2.00. The lowest BCUT2D eigenvalue weighted by Gasteiger charge is -2.05. The first kappa shape index (κ1) is 13.4. The molecule has 1 rings (SSSR count). The molecule has 0 aliphatic heterocycles. The van der Waals surface area contributed by atoms with E-state index in [4.69, 9.17) is 9.84 Å². The predicted octanol–water partition coefficient (Wildman–Crippen LogP) is 3.01. The van der Waals surface area contributed by atoms with E-state index in [9.17, 15) is 9.18 Å². The smallest absolute Gasteiger partial charge is 0.338 e. The summed E-state index contributed by atoms with van der Waals surface area (Å²) in [6, 6.07) is 3.98. The fourth-order valence-electron chi connectivity index (χ4n) is 1.26. The van der Waals surface area contributed by atoms with Crippen LogP contribution in [-0.4, -0.2) is 17.7 Å². The lowest BCUT2D eigenvalue weighted by molar-refractivity contribution is 0.0691. The number of rotatable bonds is 6. The van der Waals surface area contributed by atoms with Crippen LogP contribution in [0.2, 0.25) is 0 Å². The highest BCUT2D eigenvalue weighted by atomic mass is 19.1. The van der Waals surface area contributed by atoms with Gasteiger partial charge in [0.25, 0.3) is 0 Å². The molecule has 1 N–H and O–H groups in total. The Morgan fingerprint density at radius 2 is 2.24 bits per heavy atom. The van der Waals surface area contributed by atoms with Gasteiger partial charge >= 0.3 is 5.97 Å². The van der Waals surface area contributed by atoms with Crippen LogP contribution in [0, 0.1) is 5.82 Å². The average molecular weight is 238 g/mol. The van der Waals surface area contributed by atoms with E-state index < -0.39 is 11.8 Å². The van der Waals surface area contributed by atoms with Crippen LogP contribution < -0.4 is 0 Å². The Bertz CT molecular complexity index is 427. The Morgan fingerprint density at radius 1 is 1.53 bits per heavy atom. The molecule has 0 heterocycles. The van der Waals surface area contributed by atoms with Gasteiger partial charge in [-0.3, -0.25) is 0 Å². The molecule has 0 unspecified atom stereocenters. The molecule has 0 amide bonds. The summed E-state index contributed by atoms with van der Waals surface area (Å²) in [5, 5.41) is 8.65. The van der Waals surface area contributed by atoms with Crippen molar-refractivity contribution in [3.05, 3.63) is 47.3 Å². The van der Waals surface area contributed by atoms with Crippen LogP contribution in [0.5, 0.6) is 0 Å². The Labute approximate surface area is 99.5 Å². The third-order valence-electron chi connectivity index (χ3n) is 2.21. The number of carbonyl (C=O) groups is 1. The second kappa shape index (κ2) is 6.15. The first-order valence-electron chi connectivity index (χ1n) is 5.24. The third-order valence-corrected chi connectivity index (χ3v) is 2.21. The van der Waals surface area contributed by atoms with E-state index in [0.717, 1.165) is 12.0 Å². The fraction of sp³-hybridized carbons (Fsp3) is 0.308. The summed E-state index contributed by atoms with van der Waals surface area (Å²) in [4.78, 5) is 10.6. The number of benzene rings is 1. The maximum atomic E-state index is 13.3. The van der Waals surface area contributed by atoms with Crippen LogP contribution in [0.25, 0.3) is 0 Å². The molecule has 17 heavy (non-hydrogen) atoms. The van der Waals surface area contributed by atoms with E-state index in [1.807, 2.05) is 6.92 Å². The number of halogens is 1. The van der Waals surface area contributed by atoms with Crippen molar-refractivity contribution in [3.8, 4) is 0 Å². The van der Waals surface area contributed by atoms with E-state index in [1.54, 1.807) is 6.07 Å². The summed E-state index contributed by atoms with van der Waals surface area (Å²) in [5.41, 5.74) is 1.32. The average Bonchev–Trinajstić information content (AvgIpc) is 2.23. The maximum Gasteiger partial charge on any atom is 0.338 e. The van der Waals surface area contributed by atoms with Crippen molar-refractivity contribution in [3.63, 3.8) is 0 Å². The first-order chi connectivity index (χ1) is 8.00. The topological polar surface area (TPSA) is 46.5 Å². The molecule has 0 radical (unpaired) electrons. The monoisotopic (exact) mass is 238 g/mol. The van der Waals surface area contributed by atoms with E-state index in [0.29, 0.717) is 12.2 Å². The van der Waals surface area contributed by atoms with Gasteiger partial charge in [-0.1, -0.05) is 11.6 Å². The zero-order valence-electron chi connectivity index (χ0n) is 9.70. The molecule has 1 aromatic rings. The highest BCUT2D eigenvalue weighted by Gasteiger charge is 2.10. The minimum Gasteiger partial charge on any atom is -0.478 e. The SMILES string of the molecule is C=C(C)CCOCc1ccc(C(=O)O)c(F)c1. The van der Waals surface area contributed by atoms with Gasteiger partial charge < -0.3 is 9.84 Å².